The van der Waals surface area contributed by atoms with Crippen molar-refractivity contribution in [3.63, 3.8) is 0 Å². The minimum atomic E-state index is -0.604. The second-order valence-electron chi connectivity index (χ2n) is 6.76. The van der Waals surface area contributed by atoms with Gasteiger partial charge in [-0.05, 0) is 57.9 Å². The lowest BCUT2D eigenvalue weighted by atomic mass is 10.1. The minimum Gasteiger partial charge on any atom is -0.456 e. The number of hydrogen-bond acceptors (Lipinski definition) is 5. The number of nitrogens with one attached hydrogen (secondary N) is 2. The van der Waals surface area contributed by atoms with Crippen molar-refractivity contribution in [1.29, 1.82) is 0 Å². The summed E-state index contributed by atoms with van der Waals surface area (Å²) >= 11 is 0. The molecule has 7 nitrogen and oxygen atoms in total. The number of esters is 1. The molecule has 7 heteroatoms. The number of anilines is 1. The van der Waals surface area contributed by atoms with Crippen LogP contribution < -0.4 is 10.6 Å². The highest BCUT2D eigenvalue weighted by Crippen LogP contribution is 2.13. The SMILES string of the molecule is Cc1cc(C)cc(NC(=O)COC(=O)CCNC(=O)OC(C)(C)C)c1. The molecule has 0 aliphatic rings. The summed E-state index contributed by atoms with van der Waals surface area (Å²) in [5.41, 5.74) is 2.11. The maximum atomic E-state index is 11.8. The van der Waals surface area contributed by atoms with Crippen molar-refractivity contribution in [3.05, 3.63) is 29.3 Å². The fourth-order valence-electron chi connectivity index (χ4n) is 2.04. The maximum absolute atomic E-state index is 11.8. The Morgan fingerprint density at radius 2 is 1.64 bits per heavy atom. The molecule has 0 bridgehead atoms. The van der Waals surface area contributed by atoms with E-state index in [1.54, 1.807) is 20.8 Å². The summed E-state index contributed by atoms with van der Waals surface area (Å²) in [6.07, 6.45) is -0.649. The number of carbonyl (C=O) groups is 3. The molecule has 0 spiro atoms. The average Bonchev–Trinajstić information content (AvgIpc) is 2.42. The molecule has 0 fully saturated rings. The molecule has 0 aromatic heterocycles. The van der Waals surface area contributed by atoms with Gasteiger partial charge in [-0.1, -0.05) is 6.07 Å². The van der Waals surface area contributed by atoms with Gasteiger partial charge in [0.2, 0.25) is 0 Å². The van der Waals surface area contributed by atoms with Gasteiger partial charge < -0.3 is 20.1 Å². The number of aryl methyl sites for hydroxylation is 2. The van der Waals surface area contributed by atoms with E-state index in [2.05, 4.69) is 10.6 Å². The highest BCUT2D eigenvalue weighted by molar-refractivity contribution is 5.93. The van der Waals surface area contributed by atoms with Gasteiger partial charge in [0.15, 0.2) is 6.61 Å². The molecule has 0 aliphatic carbocycles. The van der Waals surface area contributed by atoms with Crippen LogP contribution in [-0.2, 0) is 19.1 Å². The summed E-state index contributed by atoms with van der Waals surface area (Å²) in [5.74, 6) is -0.995. The van der Waals surface area contributed by atoms with Crippen molar-refractivity contribution in [2.75, 3.05) is 18.5 Å². The normalized spacial score (nSPS) is 10.8. The van der Waals surface area contributed by atoms with Crippen molar-refractivity contribution in [2.45, 2.75) is 46.6 Å². The van der Waals surface area contributed by atoms with Gasteiger partial charge in [-0.2, -0.15) is 0 Å². The first-order valence-electron chi connectivity index (χ1n) is 8.06. The predicted molar refractivity (Wildman–Crippen MR) is 94.4 cm³/mol. The van der Waals surface area contributed by atoms with Gasteiger partial charge in [0, 0.05) is 12.2 Å². The van der Waals surface area contributed by atoms with Crippen LogP contribution in [0, 0.1) is 13.8 Å². The van der Waals surface area contributed by atoms with Crippen LogP contribution in [0.25, 0.3) is 0 Å². The van der Waals surface area contributed by atoms with Crippen LogP contribution in [0.2, 0.25) is 0 Å². The van der Waals surface area contributed by atoms with Crippen LogP contribution in [0.15, 0.2) is 18.2 Å². The molecule has 0 unspecified atom stereocenters. The average molecular weight is 350 g/mol. The lowest BCUT2D eigenvalue weighted by molar-refractivity contribution is -0.147. The third-order valence-electron chi connectivity index (χ3n) is 2.87. The van der Waals surface area contributed by atoms with E-state index >= 15 is 0 Å². The Morgan fingerprint density at radius 1 is 1.04 bits per heavy atom. The molecule has 0 aliphatic heterocycles. The molecule has 0 saturated heterocycles. The Hall–Kier alpha value is -2.57. The zero-order chi connectivity index (χ0) is 19.0. The van der Waals surface area contributed by atoms with Crippen LogP contribution in [0.3, 0.4) is 0 Å². The topological polar surface area (TPSA) is 93.7 Å². The maximum Gasteiger partial charge on any atom is 0.407 e. The van der Waals surface area contributed by atoms with Gasteiger partial charge in [-0.3, -0.25) is 9.59 Å². The number of benzene rings is 1. The van der Waals surface area contributed by atoms with E-state index in [0.717, 1.165) is 11.1 Å². The Kier molecular flexibility index (Phi) is 7.42. The molecule has 0 heterocycles. The number of carbonyl (C=O) groups excluding carboxylic acids is 3. The highest BCUT2D eigenvalue weighted by Gasteiger charge is 2.16. The third kappa shape index (κ3) is 9.34. The summed E-state index contributed by atoms with van der Waals surface area (Å²) in [6, 6.07) is 5.66. The lowest BCUT2D eigenvalue weighted by Crippen LogP contribution is -2.34. The monoisotopic (exact) mass is 350 g/mol. The van der Waals surface area contributed by atoms with E-state index in [9.17, 15) is 14.4 Å². The van der Waals surface area contributed by atoms with Gasteiger partial charge in [0.1, 0.15) is 5.60 Å². The first-order chi connectivity index (χ1) is 11.5. The van der Waals surface area contributed by atoms with Gasteiger partial charge in [0.05, 0.1) is 6.42 Å². The first-order valence-corrected chi connectivity index (χ1v) is 8.06. The summed E-state index contributed by atoms with van der Waals surface area (Å²) in [6.45, 7) is 8.80. The first kappa shape index (κ1) is 20.5. The summed E-state index contributed by atoms with van der Waals surface area (Å²) < 4.78 is 9.91. The molecule has 138 valence electrons. The van der Waals surface area contributed by atoms with Crippen LogP contribution in [0.1, 0.15) is 38.3 Å². The zero-order valence-electron chi connectivity index (χ0n) is 15.4. The molecule has 2 amide bonds. The lowest BCUT2D eigenvalue weighted by Gasteiger charge is -2.19. The zero-order valence-corrected chi connectivity index (χ0v) is 15.4. The van der Waals surface area contributed by atoms with Crippen molar-refractivity contribution < 1.29 is 23.9 Å². The molecule has 0 radical (unpaired) electrons. The van der Waals surface area contributed by atoms with Gasteiger partial charge >= 0.3 is 12.1 Å². The fraction of sp³-hybridized carbons (Fsp3) is 0.500. The van der Waals surface area contributed by atoms with Crippen LogP contribution >= 0.6 is 0 Å². The van der Waals surface area contributed by atoms with Crippen molar-refractivity contribution in [2.24, 2.45) is 0 Å². The van der Waals surface area contributed by atoms with E-state index < -0.39 is 23.6 Å². The van der Waals surface area contributed by atoms with Crippen LogP contribution in [0.4, 0.5) is 10.5 Å². The standard InChI is InChI=1S/C18H26N2O5/c1-12-8-13(2)10-14(9-12)20-15(21)11-24-16(22)6-7-19-17(23)25-18(3,4)5/h8-10H,6-7,11H2,1-5H3,(H,19,23)(H,20,21). The molecule has 0 atom stereocenters. The number of ether oxygens (including phenoxy) is 2. The molecule has 25 heavy (non-hydrogen) atoms. The molecule has 0 saturated carbocycles. The van der Waals surface area contributed by atoms with E-state index in [1.165, 1.54) is 0 Å². The van der Waals surface area contributed by atoms with Crippen molar-refractivity contribution >= 4 is 23.7 Å². The quantitative estimate of drug-likeness (QED) is 0.769. The van der Waals surface area contributed by atoms with Crippen molar-refractivity contribution in [1.82, 2.24) is 5.32 Å². The Labute approximate surface area is 148 Å². The molecular weight excluding hydrogens is 324 g/mol. The summed E-state index contributed by atoms with van der Waals surface area (Å²) in [7, 11) is 0. The summed E-state index contributed by atoms with van der Waals surface area (Å²) in [5, 5.41) is 5.12. The van der Waals surface area contributed by atoms with Crippen LogP contribution in [0.5, 0.6) is 0 Å². The number of alkyl carbamates (subject to hydrolysis) is 1. The van der Waals surface area contributed by atoms with E-state index in [0.29, 0.717) is 5.69 Å². The van der Waals surface area contributed by atoms with Crippen LogP contribution in [-0.4, -0.2) is 36.7 Å². The Morgan fingerprint density at radius 3 is 2.20 bits per heavy atom. The van der Waals surface area contributed by atoms with Gasteiger partial charge in [0.25, 0.3) is 5.91 Å². The predicted octanol–water partition coefficient (Wildman–Crippen LogP) is 2.70. The Bertz CT molecular complexity index is 615. The number of rotatable bonds is 6. The number of amides is 2. The Balaban J connectivity index is 2.27. The minimum absolute atomic E-state index is 0.0456. The summed E-state index contributed by atoms with van der Waals surface area (Å²) in [4.78, 5) is 34.8. The van der Waals surface area contributed by atoms with Gasteiger partial charge in [-0.25, -0.2) is 4.79 Å². The second kappa shape index (κ2) is 9.05. The molecule has 1 aromatic rings. The number of hydrogen-bond donors (Lipinski definition) is 2. The fourth-order valence-corrected chi connectivity index (χ4v) is 2.04. The van der Waals surface area contributed by atoms with E-state index in [1.807, 2.05) is 32.0 Å². The van der Waals surface area contributed by atoms with E-state index in [4.69, 9.17) is 9.47 Å². The third-order valence-corrected chi connectivity index (χ3v) is 2.87. The van der Waals surface area contributed by atoms with Gasteiger partial charge in [-0.15, -0.1) is 0 Å². The smallest absolute Gasteiger partial charge is 0.407 e. The molecule has 2 N–H and O–H groups in total. The van der Waals surface area contributed by atoms with E-state index in [-0.39, 0.29) is 19.6 Å². The van der Waals surface area contributed by atoms with Crippen molar-refractivity contribution in [3.8, 4) is 0 Å². The molecule has 1 aromatic carbocycles. The molecular formula is C18H26N2O5. The largest absolute Gasteiger partial charge is 0.456 e. The second-order valence-corrected chi connectivity index (χ2v) is 6.76. The molecule has 1 rings (SSSR count). The highest BCUT2D eigenvalue weighted by atomic mass is 16.6.